The summed E-state index contributed by atoms with van der Waals surface area (Å²) in [5, 5.41) is 9.89. The van der Waals surface area contributed by atoms with Crippen molar-refractivity contribution in [1.29, 1.82) is 5.26 Å². The fourth-order valence-corrected chi connectivity index (χ4v) is 2.01. The number of ether oxygens (including phenoxy) is 1. The summed E-state index contributed by atoms with van der Waals surface area (Å²) in [6.07, 6.45) is 0. The molecule has 0 fully saturated rings. The number of anilines is 1. The number of nitriles is 1. The zero-order valence-corrected chi connectivity index (χ0v) is 13.6. The van der Waals surface area contributed by atoms with E-state index in [4.69, 9.17) is 15.7 Å². The molecule has 0 aliphatic rings. The number of nitrogens with two attached hydrogens (primary N) is 1. The van der Waals surface area contributed by atoms with Crippen molar-refractivity contribution >= 4 is 16.5 Å². The Morgan fingerprint density at radius 3 is 2.27 bits per heavy atom. The molecule has 0 heterocycles. The highest BCUT2D eigenvalue weighted by atomic mass is 19.1. The average Bonchev–Trinajstić information content (AvgIpc) is 2.51. The van der Waals surface area contributed by atoms with Crippen LogP contribution in [0.15, 0.2) is 18.2 Å². The van der Waals surface area contributed by atoms with Crippen LogP contribution in [0.4, 0.5) is 14.5 Å². The summed E-state index contributed by atoms with van der Waals surface area (Å²) < 4.78 is 30.9. The Kier molecular flexibility index (Phi) is 8.54. The van der Waals surface area contributed by atoms with Crippen molar-refractivity contribution in [2.24, 2.45) is 0 Å². The lowest BCUT2D eigenvalue weighted by Gasteiger charge is -2.12. The van der Waals surface area contributed by atoms with Gasteiger partial charge in [0.15, 0.2) is 5.75 Å². The molecule has 2 rings (SSSR count). The molecule has 0 atom stereocenters. The number of aryl methyl sites for hydroxylation is 1. The maximum absolute atomic E-state index is 13.7. The summed E-state index contributed by atoms with van der Waals surface area (Å²) in [5.41, 5.74) is 6.54. The van der Waals surface area contributed by atoms with Crippen LogP contribution in [0.25, 0.3) is 10.8 Å². The van der Waals surface area contributed by atoms with Gasteiger partial charge in [-0.05, 0) is 36.1 Å². The van der Waals surface area contributed by atoms with Crippen LogP contribution < -0.4 is 10.5 Å². The molecule has 2 aromatic rings. The molecule has 0 amide bonds. The van der Waals surface area contributed by atoms with Crippen LogP contribution in [-0.2, 0) is 0 Å². The first-order valence-corrected chi connectivity index (χ1v) is 7.19. The van der Waals surface area contributed by atoms with Gasteiger partial charge in [0, 0.05) is 11.1 Å². The normalized spacial score (nSPS) is 9.00. The molecular weight excluding hydrogens is 286 g/mol. The highest BCUT2D eigenvalue weighted by molar-refractivity contribution is 5.95. The molecule has 0 aromatic heterocycles. The van der Waals surface area contributed by atoms with Crippen molar-refractivity contribution < 1.29 is 13.5 Å². The van der Waals surface area contributed by atoms with Crippen molar-refractivity contribution in [2.75, 3.05) is 12.6 Å². The van der Waals surface area contributed by atoms with Gasteiger partial charge in [-0.3, -0.25) is 0 Å². The number of fused-ring (bicyclic) bond motifs is 1. The van der Waals surface area contributed by atoms with Crippen LogP contribution in [0, 0.1) is 24.1 Å². The van der Waals surface area contributed by atoms with Gasteiger partial charge < -0.3 is 10.5 Å². The summed E-state index contributed by atoms with van der Waals surface area (Å²) in [4.78, 5) is 0. The minimum absolute atomic E-state index is 0.0764. The molecule has 0 aliphatic carbocycles. The second-order valence-corrected chi connectivity index (χ2v) is 3.86. The van der Waals surface area contributed by atoms with Crippen molar-refractivity contribution in [2.45, 2.75) is 34.6 Å². The predicted octanol–water partition coefficient (Wildman–Crippen LogP) is 5.10. The molecule has 0 aliphatic heterocycles. The molecule has 0 radical (unpaired) electrons. The van der Waals surface area contributed by atoms with E-state index in [1.807, 2.05) is 27.7 Å². The lowest BCUT2D eigenvalue weighted by molar-refractivity contribution is 0.193. The van der Waals surface area contributed by atoms with Crippen molar-refractivity contribution in [3.63, 3.8) is 0 Å². The third kappa shape index (κ3) is 4.08. The first-order chi connectivity index (χ1) is 10.6. The third-order valence-electron chi connectivity index (χ3n) is 2.67. The van der Waals surface area contributed by atoms with Crippen LogP contribution >= 0.6 is 0 Å². The number of benzene rings is 2. The molecule has 0 saturated heterocycles. The van der Waals surface area contributed by atoms with Gasteiger partial charge in [0.25, 0.3) is 0 Å². The Morgan fingerprint density at radius 2 is 1.77 bits per heavy atom. The molecule has 0 saturated carbocycles. The second kappa shape index (κ2) is 9.56. The smallest absolute Gasteiger partial charge is 0.228 e. The van der Waals surface area contributed by atoms with E-state index in [-0.39, 0.29) is 11.3 Å². The van der Waals surface area contributed by atoms with Gasteiger partial charge >= 0.3 is 0 Å². The quantitative estimate of drug-likeness (QED) is 0.785. The first kappa shape index (κ1) is 19.7. The first-order valence-electron chi connectivity index (χ1n) is 7.19. The minimum atomic E-state index is -1.13. The maximum atomic E-state index is 13.7. The molecular formula is C17H22F2N2O. The van der Waals surface area contributed by atoms with Gasteiger partial charge in [0.05, 0.1) is 0 Å². The Labute approximate surface area is 130 Å². The standard InChI is InChI=1S/C13H10F2N2O.2C2H6/c1-7-2-9(17)3-8-4-11(15)10(5-16)13(12(7)8)18-6-14;2*1-2/h2-4H,6,17H2,1H3;2*1-2H3. The topological polar surface area (TPSA) is 59.0 Å². The second-order valence-electron chi connectivity index (χ2n) is 3.86. The molecule has 0 unspecified atom stereocenters. The number of nitrogen functional groups attached to an aromatic ring is 1. The molecule has 5 heteroatoms. The van der Waals surface area contributed by atoms with E-state index in [0.717, 1.165) is 0 Å². The van der Waals surface area contributed by atoms with Crippen LogP contribution in [0.5, 0.6) is 5.75 Å². The number of nitrogens with zero attached hydrogens (tertiary/aromatic N) is 1. The van der Waals surface area contributed by atoms with E-state index in [2.05, 4.69) is 0 Å². The predicted molar refractivity (Wildman–Crippen MR) is 87.1 cm³/mol. The van der Waals surface area contributed by atoms with Gasteiger partial charge in [-0.2, -0.15) is 5.26 Å². The highest BCUT2D eigenvalue weighted by Crippen LogP contribution is 2.35. The number of halogens is 2. The molecule has 120 valence electrons. The molecule has 0 spiro atoms. The fourth-order valence-electron chi connectivity index (χ4n) is 2.01. The third-order valence-corrected chi connectivity index (χ3v) is 2.67. The van der Waals surface area contributed by atoms with Gasteiger partial charge in [-0.1, -0.05) is 27.7 Å². The Bertz CT molecular complexity index is 664. The van der Waals surface area contributed by atoms with Crippen LogP contribution in [0.3, 0.4) is 0 Å². The fraction of sp³-hybridized carbons (Fsp3) is 0.353. The zero-order valence-electron chi connectivity index (χ0n) is 13.6. The maximum Gasteiger partial charge on any atom is 0.228 e. The van der Waals surface area contributed by atoms with Crippen molar-refractivity contribution in [1.82, 2.24) is 0 Å². The molecule has 2 N–H and O–H groups in total. The molecule has 3 nitrogen and oxygen atoms in total. The van der Waals surface area contributed by atoms with Crippen molar-refractivity contribution in [3.8, 4) is 11.8 Å². The van der Waals surface area contributed by atoms with E-state index >= 15 is 0 Å². The number of hydrogen-bond acceptors (Lipinski definition) is 3. The van der Waals surface area contributed by atoms with Gasteiger partial charge in [0.1, 0.15) is 17.4 Å². The lowest BCUT2D eigenvalue weighted by Crippen LogP contribution is -1.99. The van der Waals surface area contributed by atoms with E-state index in [1.165, 1.54) is 6.07 Å². The van der Waals surface area contributed by atoms with Crippen molar-refractivity contribution in [3.05, 3.63) is 35.1 Å². The van der Waals surface area contributed by atoms with E-state index in [1.54, 1.807) is 25.1 Å². The minimum Gasteiger partial charge on any atom is -0.461 e. The van der Waals surface area contributed by atoms with Gasteiger partial charge in [-0.25, -0.2) is 8.78 Å². The average molecular weight is 308 g/mol. The zero-order chi connectivity index (χ0) is 17.3. The van der Waals surface area contributed by atoms with Gasteiger partial charge in [0.2, 0.25) is 6.86 Å². The van der Waals surface area contributed by atoms with E-state index in [0.29, 0.717) is 22.0 Å². The summed E-state index contributed by atoms with van der Waals surface area (Å²) >= 11 is 0. The number of alkyl halides is 1. The lowest BCUT2D eigenvalue weighted by atomic mass is 10.00. The Hall–Kier alpha value is -2.35. The molecule has 22 heavy (non-hydrogen) atoms. The number of rotatable bonds is 2. The highest BCUT2D eigenvalue weighted by Gasteiger charge is 2.17. The molecule has 0 bridgehead atoms. The summed E-state index contributed by atoms with van der Waals surface area (Å²) in [6, 6.07) is 6.09. The van der Waals surface area contributed by atoms with Gasteiger partial charge in [-0.15, -0.1) is 0 Å². The number of hydrogen-bond donors (Lipinski definition) is 1. The summed E-state index contributed by atoms with van der Waals surface area (Å²) in [5.74, 6) is -0.828. The van der Waals surface area contributed by atoms with E-state index in [9.17, 15) is 8.78 Å². The monoisotopic (exact) mass is 308 g/mol. The van der Waals surface area contributed by atoms with Crippen LogP contribution in [0.1, 0.15) is 38.8 Å². The SMILES string of the molecule is CC.CC.Cc1cc(N)cc2cc(F)c(C#N)c(OCF)c12. The Balaban J connectivity index is 0.00000102. The van der Waals surface area contributed by atoms with Crippen LogP contribution in [0.2, 0.25) is 0 Å². The van der Waals surface area contributed by atoms with E-state index < -0.39 is 12.7 Å². The summed E-state index contributed by atoms with van der Waals surface area (Å²) in [6.45, 7) is 8.61. The molecule has 2 aromatic carbocycles. The largest absolute Gasteiger partial charge is 0.461 e. The summed E-state index contributed by atoms with van der Waals surface area (Å²) in [7, 11) is 0. The Morgan fingerprint density at radius 1 is 1.18 bits per heavy atom. The van der Waals surface area contributed by atoms with Crippen LogP contribution in [-0.4, -0.2) is 6.86 Å².